The summed E-state index contributed by atoms with van der Waals surface area (Å²) in [6.45, 7) is 9.38. The number of hydrogen-bond acceptors (Lipinski definition) is 7. The second-order valence-electron chi connectivity index (χ2n) is 8.22. The molecule has 190 valence electrons. The van der Waals surface area contributed by atoms with Crippen LogP contribution < -0.4 is 9.47 Å². The molecule has 0 bridgehead atoms. The Hall–Kier alpha value is -4.01. The summed E-state index contributed by atoms with van der Waals surface area (Å²) in [5.41, 5.74) is 4.33. The van der Waals surface area contributed by atoms with Crippen molar-refractivity contribution < 1.29 is 24.2 Å². The maximum Gasteiger partial charge on any atom is 0.307 e. The van der Waals surface area contributed by atoms with Gasteiger partial charge in [0.1, 0.15) is 5.82 Å². The van der Waals surface area contributed by atoms with E-state index in [2.05, 4.69) is 15.0 Å². The minimum absolute atomic E-state index is 0.00559. The molecular formula is C27H32N4O5. The van der Waals surface area contributed by atoms with Crippen LogP contribution in [0.15, 0.2) is 42.7 Å². The topological polar surface area (TPSA) is 115 Å². The molecule has 0 aliphatic rings. The van der Waals surface area contributed by atoms with E-state index < -0.39 is 5.97 Å². The Kier molecular flexibility index (Phi) is 9.32. The summed E-state index contributed by atoms with van der Waals surface area (Å²) in [6, 6.07) is 9.45. The average molecular weight is 493 g/mol. The van der Waals surface area contributed by atoms with Crippen LogP contribution in [0.25, 0.3) is 11.1 Å². The Morgan fingerprint density at radius 2 is 1.64 bits per heavy atom. The zero-order chi connectivity index (χ0) is 26.1. The summed E-state index contributed by atoms with van der Waals surface area (Å²) in [4.78, 5) is 39.1. The minimum Gasteiger partial charge on any atom is -0.481 e. The molecule has 0 aliphatic heterocycles. The Labute approximate surface area is 211 Å². The molecule has 0 aliphatic carbocycles. The third-order valence-electron chi connectivity index (χ3n) is 5.44. The zero-order valence-corrected chi connectivity index (χ0v) is 21.2. The second-order valence-corrected chi connectivity index (χ2v) is 8.22. The first-order valence-electron chi connectivity index (χ1n) is 12.0. The molecule has 1 aromatic carbocycles. The Morgan fingerprint density at radius 3 is 2.25 bits per heavy atom. The number of nitrogens with zero attached hydrogens (tertiary/aromatic N) is 4. The van der Waals surface area contributed by atoms with Gasteiger partial charge >= 0.3 is 5.97 Å². The summed E-state index contributed by atoms with van der Waals surface area (Å²) in [7, 11) is 0. The van der Waals surface area contributed by atoms with E-state index in [1.165, 1.54) is 0 Å². The number of amides is 1. The molecule has 3 rings (SSSR count). The summed E-state index contributed by atoms with van der Waals surface area (Å²) >= 11 is 0. The van der Waals surface area contributed by atoms with Crippen LogP contribution >= 0.6 is 0 Å². The molecule has 0 saturated carbocycles. The molecule has 0 unspecified atom stereocenters. The van der Waals surface area contributed by atoms with Crippen LogP contribution in [0.3, 0.4) is 0 Å². The van der Waals surface area contributed by atoms with Crippen LogP contribution in [0.5, 0.6) is 11.8 Å². The van der Waals surface area contributed by atoms with E-state index in [0.717, 1.165) is 22.3 Å². The van der Waals surface area contributed by atoms with E-state index in [0.29, 0.717) is 49.5 Å². The van der Waals surface area contributed by atoms with Gasteiger partial charge in [0.05, 0.1) is 32.1 Å². The number of carbonyl (C=O) groups excluding carboxylic acids is 1. The highest BCUT2D eigenvalue weighted by molar-refractivity contribution is 5.79. The van der Waals surface area contributed by atoms with Crippen LogP contribution in [0.4, 0.5) is 0 Å². The molecule has 36 heavy (non-hydrogen) atoms. The third-order valence-corrected chi connectivity index (χ3v) is 5.44. The van der Waals surface area contributed by atoms with E-state index in [-0.39, 0.29) is 18.7 Å². The molecule has 3 aromatic rings. The predicted molar refractivity (Wildman–Crippen MR) is 135 cm³/mol. The van der Waals surface area contributed by atoms with E-state index in [1.807, 2.05) is 52.0 Å². The van der Waals surface area contributed by atoms with Crippen LogP contribution in [0.1, 0.15) is 43.3 Å². The van der Waals surface area contributed by atoms with Crippen molar-refractivity contribution in [3.8, 4) is 22.9 Å². The Bertz CT molecular complexity index is 1190. The van der Waals surface area contributed by atoms with Gasteiger partial charge in [0.15, 0.2) is 0 Å². The van der Waals surface area contributed by atoms with E-state index >= 15 is 0 Å². The molecule has 2 heterocycles. The van der Waals surface area contributed by atoms with Crippen LogP contribution in [-0.4, -0.2) is 56.6 Å². The largest absolute Gasteiger partial charge is 0.481 e. The molecule has 1 N–H and O–H groups in total. The number of hydrogen-bond donors (Lipinski definition) is 1. The number of pyridine rings is 1. The number of likely N-dealkylation sites (N-methyl/N-ethyl adjacent to an activating group) is 1. The smallest absolute Gasteiger partial charge is 0.307 e. The lowest BCUT2D eigenvalue weighted by Gasteiger charge is -2.23. The maximum absolute atomic E-state index is 13.3. The highest BCUT2D eigenvalue weighted by Crippen LogP contribution is 2.27. The summed E-state index contributed by atoms with van der Waals surface area (Å²) < 4.78 is 11.0. The van der Waals surface area contributed by atoms with Crippen LogP contribution in [-0.2, 0) is 29.0 Å². The number of carboxylic acid groups (broad SMARTS) is 1. The fourth-order valence-corrected chi connectivity index (χ4v) is 3.84. The average Bonchev–Trinajstić information content (AvgIpc) is 2.82. The van der Waals surface area contributed by atoms with Gasteiger partial charge in [-0.2, -0.15) is 9.97 Å². The first kappa shape index (κ1) is 26.6. The number of aliphatic carboxylic acids is 1. The van der Waals surface area contributed by atoms with Crippen molar-refractivity contribution in [2.45, 2.75) is 47.1 Å². The van der Waals surface area contributed by atoms with Gasteiger partial charge in [-0.05, 0) is 50.5 Å². The third kappa shape index (κ3) is 7.24. The number of aryl methyl sites for hydroxylation is 1. The molecule has 0 fully saturated rings. The molecule has 0 atom stereocenters. The first-order chi connectivity index (χ1) is 17.3. The van der Waals surface area contributed by atoms with Crippen LogP contribution in [0.2, 0.25) is 0 Å². The monoisotopic (exact) mass is 492 g/mol. The van der Waals surface area contributed by atoms with E-state index in [9.17, 15) is 9.59 Å². The van der Waals surface area contributed by atoms with Crippen molar-refractivity contribution in [1.82, 2.24) is 19.9 Å². The highest BCUT2D eigenvalue weighted by Gasteiger charge is 2.19. The molecule has 2 aromatic heterocycles. The van der Waals surface area contributed by atoms with Gasteiger partial charge in [0, 0.05) is 31.0 Å². The molecule has 9 heteroatoms. The Morgan fingerprint density at radius 1 is 0.944 bits per heavy atom. The van der Waals surface area contributed by atoms with E-state index in [4.69, 9.17) is 14.6 Å². The number of carbonyl (C=O) groups is 2. The van der Waals surface area contributed by atoms with Crippen molar-refractivity contribution >= 4 is 11.9 Å². The van der Waals surface area contributed by atoms with Gasteiger partial charge in [0.25, 0.3) is 0 Å². The maximum atomic E-state index is 13.3. The number of benzene rings is 1. The molecular weight excluding hydrogens is 460 g/mol. The van der Waals surface area contributed by atoms with Gasteiger partial charge in [-0.15, -0.1) is 0 Å². The Balaban J connectivity index is 1.86. The predicted octanol–water partition coefficient (Wildman–Crippen LogP) is 3.86. The lowest BCUT2D eigenvalue weighted by molar-refractivity contribution is -0.136. The van der Waals surface area contributed by atoms with Gasteiger partial charge in [-0.1, -0.05) is 23.8 Å². The van der Waals surface area contributed by atoms with Crippen LogP contribution in [0, 0.1) is 6.92 Å². The van der Waals surface area contributed by atoms with Crippen molar-refractivity contribution in [3.63, 3.8) is 0 Å². The molecule has 0 radical (unpaired) electrons. The second kappa shape index (κ2) is 12.6. The lowest BCUT2D eigenvalue weighted by Crippen LogP contribution is -2.32. The first-order valence-corrected chi connectivity index (χ1v) is 12.0. The fraction of sp³-hybridized carbons (Fsp3) is 0.370. The number of carboxylic acids is 1. The van der Waals surface area contributed by atoms with Gasteiger partial charge in [0.2, 0.25) is 17.7 Å². The summed E-state index contributed by atoms with van der Waals surface area (Å²) in [5.74, 6) is 0.0404. The summed E-state index contributed by atoms with van der Waals surface area (Å²) in [6.07, 6.45) is 3.16. The zero-order valence-electron chi connectivity index (χ0n) is 21.2. The molecule has 1 amide bonds. The van der Waals surface area contributed by atoms with Crippen molar-refractivity contribution in [2.75, 3.05) is 19.8 Å². The summed E-state index contributed by atoms with van der Waals surface area (Å²) in [5, 5.41) is 9.15. The quantitative estimate of drug-likeness (QED) is 0.405. The highest BCUT2D eigenvalue weighted by atomic mass is 16.5. The molecule has 0 spiro atoms. The molecule has 9 nitrogen and oxygen atoms in total. The minimum atomic E-state index is -0.913. The number of aromatic nitrogens is 3. The van der Waals surface area contributed by atoms with Gasteiger partial charge < -0.3 is 19.5 Å². The molecule has 0 saturated heterocycles. The normalized spacial score (nSPS) is 10.7. The SMILES string of the molecule is CCOc1cc(OCC)nc(CC(=O)N(CC)Cc2cc(C)ccc2-c2cncc(CC(=O)O)c2)n1. The number of ether oxygens (including phenoxy) is 2. The van der Waals surface area contributed by atoms with E-state index in [1.54, 1.807) is 23.4 Å². The van der Waals surface area contributed by atoms with Crippen molar-refractivity contribution in [2.24, 2.45) is 0 Å². The van der Waals surface area contributed by atoms with Gasteiger partial charge in [-0.25, -0.2) is 0 Å². The fourth-order valence-electron chi connectivity index (χ4n) is 3.84. The number of rotatable bonds is 12. The van der Waals surface area contributed by atoms with Crippen molar-refractivity contribution in [1.29, 1.82) is 0 Å². The van der Waals surface area contributed by atoms with Crippen molar-refractivity contribution in [3.05, 3.63) is 65.2 Å². The standard InChI is InChI=1S/C27H32N4O5/c1-5-31(26(32)13-23-29-24(35-6-2)14-25(30-23)36-7-3)17-21-10-18(4)8-9-22(21)20-11-19(12-27(33)34)15-28-16-20/h8-11,14-16H,5-7,12-13,17H2,1-4H3,(H,33,34). The lowest BCUT2D eigenvalue weighted by atomic mass is 9.97. The van der Waals surface area contributed by atoms with Gasteiger partial charge in [-0.3, -0.25) is 14.6 Å².